The van der Waals surface area contributed by atoms with Gasteiger partial charge in [0.15, 0.2) is 0 Å². The first kappa shape index (κ1) is 15.3. The molecule has 1 heterocycles. The van der Waals surface area contributed by atoms with Crippen molar-refractivity contribution in [2.75, 3.05) is 26.7 Å². The standard InChI is InChI=1S/C18H26N2O2/c1-13(21)19-8-7-16-12-20(10-14-3-4-14)11-15-5-6-17(22-2)9-18(15)16/h5-6,9,14,16H,3-4,7-8,10-12H2,1-2H3,(H,19,21). The fourth-order valence-corrected chi connectivity index (χ4v) is 3.41. The first-order valence-electron chi connectivity index (χ1n) is 8.29. The average Bonchev–Trinajstić information content (AvgIpc) is 3.30. The third-order valence-electron chi connectivity index (χ3n) is 4.75. The van der Waals surface area contributed by atoms with E-state index in [9.17, 15) is 4.79 Å². The number of nitrogens with one attached hydrogen (secondary N) is 1. The van der Waals surface area contributed by atoms with Crippen LogP contribution in [-0.4, -0.2) is 37.6 Å². The summed E-state index contributed by atoms with van der Waals surface area (Å²) in [5, 5.41) is 2.93. The lowest BCUT2D eigenvalue weighted by Crippen LogP contribution is -2.36. The number of carbonyl (C=O) groups is 1. The molecule has 4 nitrogen and oxygen atoms in total. The summed E-state index contributed by atoms with van der Waals surface area (Å²) in [4.78, 5) is 13.7. The van der Waals surface area contributed by atoms with Crippen LogP contribution in [0.15, 0.2) is 18.2 Å². The zero-order chi connectivity index (χ0) is 15.5. The minimum atomic E-state index is 0.0523. The zero-order valence-electron chi connectivity index (χ0n) is 13.6. The van der Waals surface area contributed by atoms with Crippen LogP contribution in [0, 0.1) is 5.92 Å². The van der Waals surface area contributed by atoms with Gasteiger partial charge in [-0.15, -0.1) is 0 Å². The third kappa shape index (κ3) is 3.80. The molecule has 1 aliphatic carbocycles. The van der Waals surface area contributed by atoms with E-state index in [1.165, 1.54) is 30.5 Å². The summed E-state index contributed by atoms with van der Waals surface area (Å²) >= 11 is 0. The molecule has 0 aromatic heterocycles. The molecule has 0 saturated heterocycles. The van der Waals surface area contributed by atoms with Gasteiger partial charge in [-0.3, -0.25) is 9.69 Å². The van der Waals surface area contributed by atoms with Crippen LogP contribution in [0.2, 0.25) is 0 Å². The van der Waals surface area contributed by atoms with Crippen LogP contribution in [0.1, 0.15) is 43.2 Å². The molecular weight excluding hydrogens is 276 g/mol. The van der Waals surface area contributed by atoms with E-state index < -0.39 is 0 Å². The number of hydrogen-bond acceptors (Lipinski definition) is 3. The average molecular weight is 302 g/mol. The van der Waals surface area contributed by atoms with E-state index in [-0.39, 0.29) is 5.91 Å². The molecule has 1 saturated carbocycles. The molecule has 1 amide bonds. The molecule has 1 atom stereocenters. The van der Waals surface area contributed by atoms with Crippen molar-refractivity contribution in [1.82, 2.24) is 10.2 Å². The van der Waals surface area contributed by atoms with Crippen LogP contribution in [0.4, 0.5) is 0 Å². The van der Waals surface area contributed by atoms with Crippen molar-refractivity contribution in [2.45, 2.75) is 38.6 Å². The van der Waals surface area contributed by atoms with Crippen LogP contribution in [0.5, 0.6) is 5.75 Å². The quantitative estimate of drug-likeness (QED) is 0.878. The highest BCUT2D eigenvalue weighted by atomic mass is 16.5. The van der Waals surface area contributed by atoms with Crippen molar-refractivity contribution >= 4 is 5.91 Å². The SMILES string of the molecule is COc1ccc2c(c1)C(CCNC(C)=O)CN(CC1CC1)C2. The Morgan fingerprint density at radius 3 is 2.91 bits per heavy atom. The summed E-state index contributed by atoms with van der Waals surface area (Å²) < 4.78 is 5.39. The number of carbonyl (C=O) groups excluding carboxylic acids is 1. The van der Waals surface area contributed by atoms with E-state index in [2.05, 4.69) is 28.4 Å². The predicted octanol–water partition coefficient (Wildman–Crippen LogP) is 2.53. The molecule has 4 heteroatoms. The molecule has 1 fully saturated rings. The normalized spacial score (nSPS) is 21.3. The van der Waals surface area contributed by atoms with Gasteiger partial charge in [0.05, 0.1) is 7.11 Å². The Kier molecular flexibility index (Phi) is 4.67. The number of fused-ring (bicyclic) bond motifs is 1. The van der Waals surface area contributed by atoms with E-state index in [0.29, 0.717) is 5.92 Å². The number of hydrogen-bond donors (Lipinski definition) is 1. The van der Waals surface area contributed by atoms with Crippen LogP contribution < -0.4 is 10.1 Å². The Bertz CT molecular complexity index is 540. The van der Waals surface area contributed by atoms with Gasteiger partial charge in [-0.05, 0) is 54.4 Å². The van der Waals surface area contributed by atoms with Crippen molar-refractivity contribution in [1.29, 1.82) is 0 Å². The fourth-order valence-electron chi connectivity index (χ4n) is 3.41. The van der Waals surface area contributed by atoms with Gasteiger partial charge in [-0.2, -0.15) is 0 Å². The number of amides is 1. The van der Waals surface area contributed by atoms with Crippen molar-refractivity contribution in [3.05, 3.63) is 29.3 Å². The highest BCUT2D eigenvalue weighted by Gasteiger charge is 2.30. The Balaban J connectivity index is 1.73. The predicted molar refractivity (Wildman–Crippen MR) is 87.0 cm³/mol. The molecule has 1 aliphatic heterocycles. The summed E-state index contributed by atoms with van der Waals surface area (Å²) in [6, 6.07) is 6.45. The second kappa shape index (κ2) is 6.69. The number of nitrogens with zero attached hydrogens (tertiary/aromatic N) is 1. The molecule has 22 heavy (non-hydrogen) atoms. The van der Waals surface area contributed by atoms with Crippen LogP contribution in [-0.2, 0) is 11.3 Å². The van der Waals surface area contributed by atoms with Crippen molar-refractivity contribution < 1.29 is 9.53 Å². The Hall–Kier alpha value is -1.55. The molecular formula is C18H26N2O2. The molecule has 1 aromatic carbocycles. The molecule has 1 N–H and O–H groups in total. The monoisotopic (exact) mass is 302 g/mol. The van der Waals surface area contributed by atoms with Crippen molar-refractivity contribution in [3.63, 3.8) is 0 Å². The van der Waals surface area contributed by atoms with E-state index in [0.717, 1.165) is 37.7 Å². The molecule has 120 valence electrons. The van der Waals surface area contributed by atoms with Gasteiger partial charge in [-0.25, -0.2) is 0 Å². The third-order valence-corrected chi connectivity index (χ3v) is 4.75. The summed E-state index contributed by atoms with van der Waals surface area (Å²) in [6.07, 6.45) is 3.77. The maximum Gasteiger partial charge on any atom is 0.216 e. The van der Waals surface area contributed by atoms with E-state index in [1.807, 2.05) is 0 Å². The summed E-state index contributed by atoms with van der Waals surface area (Å²) in [6.45, 7) is 5.69. The summed E-state index contributed by atoms with van der Waals surface area (Å²) in [7, 11) is 1.72. The van der Waals surface area contributed by atoms with Crippen molar-refractivity contribution in [3.8, 4) is 5.75 Å². The Morgan fingerprint density at radius 2 is 2.23 bits per heavy atom. The largest absolute Gasteiger partial charge is 0.497 e. The van der Waals surface area contributed by atoms with Gasteiger partial charge in [-0.1, -0.05) is 6.07 Å². The lowest BCUT2D eigenvalue weighted by atomic mass is 9.87. The molecule has 0 bridgehead atoms. The lowest BCUT2D eigenvalue weighted by Gasteiger charge is -2.35. The zero-order valence-corrected chi connectivity index (χ0v) is 13.6. The highest BCUT2D eigenvalue weighted by Crippen LogP contribution is 2.36. The van der Waals surface area contributed by atoms with E-state index >= 15 is 0 Å². The van der Waals surface area contributed by atoms with Gasteiger partial charge in [0.1, 0.15) is 5.75 Å². The van der Waals surface area contributed by atoms with E-state index in [1.54, 1.807) is 14.0 Å². The second-order valence-corrected chi connectivity index (χ2v) is 6.67. The van der Waals surface area contributed by atoms with Gasteiger partial charge >= 0.3 is 0 Å². The summed E-state index contributed by atoms with van der Waals surface area (Å²) in [5.74, 6) is 2.37. The molecule has 0 spiro atoms. The Morgan fingerprint density at radius 1 is 1.41 bits per heavy atom. The van der Waals surface area contributed by atoms with E-state index in [4.69, 9.17) is 4.74 Å². The first-order chi connectivity index (χ1) is 10.7. The molecule has 0 radical (unpaired) electrons. The van der Waals surface area contributed by atoms with Crippen LogP contribution in [0.25, 0.3) is 0 Å². The molecule has 2 aliphatic rings. The van der Waals surface area contributed by atoms with Crippen LogP contribution >= 0.6 is 0 Å². The smallest absolute Gasteiger partial charge is 0.216 e. The van der Waals surface area contributed by atoms with Crippen LogP contribution in [0.3, 0.4) is 0 Å². The maximum atomic E-state index is 11.1. The topological polar surface area (TPSA) is 41.6 Å². The highest BCUT2D eigenvalue weighted by molar-refractivity contribution is 5.72. The minimum absolute atomic E-state index is 0.0523. The Labute approximate surface area is 132 Å². The number of ether oxygens (including phenoxy) is 1. The number of rotatable bonds is 6. The van der Waals surface area contributed by atoms with Crippen molar-refractivity contribution in [2.24, 2.45) is 5.92 Å². The number of benzene rings is 1. The molecule has 1 unspecified atom stereocenters. The maximum absolute atomic E-state index is 11.1. The van der Waals surface area contributed by atoms with Gasteiger partial charge < -0.3 is 10.1 Å². The minimum Gasteiger partial charge on any atom is -0.497 e. The van der Waals surface area contributed by atoms with Gasteiger partial charge in [0, 0.05) is 33.1 Å². The summed E-state index contributed by atoms with van der Waals surface area (Å²) in [5.41, 5.74) is 2.82. The second-order valence-electron chi connectivity index (χ2n) is 6.67. The fraction of sp³-hybridized carbons (Fsp3) is 0.611. The number of methoxy groups -OCH3 is 1. The first-order valence-corrected chi connectivity index (χ1v) is 8.29. The van der Waals surface area contributed by atoms with Gasteiger partial charge in [0.25, 0.3) is 0 Å². The molecule has 1 aromatic rings. The molecule has 3 rings (SSSR count). The van der Waals surface area contributed by atoms with Gasteiger partial charge in [0.2, 0.25) is 5.91 Å². The lowest BCUT2D eigenvalue weighted by molar-refractivity contribution is -0.118.